The summed E-state index contributed by atoms with van der Waals surface area (Å²) in [6.07, 6.45) is -0.754. The monoisotopic (exact) mass is 273 g/mol. The summed E-state index contributed by atoms with van der Waals surface area (Å²) >= 11 is 0. The number of aliphatic hydroxyl groups is 1. The number of nitrogens with zero attached hydrogens (tertiary/aromatic N) is 3. The second kappa shape index (κ2) is 4.33. The minimum absolute atomic E-state index is 0.0530. The Hall–Kier alpha value is -1.37. The van der Waals surface area contributed by atoms with E-state index in [9.17, 15) is 18.3 Å². The molecule has 2 atom stereocenters. The van der Waals surface area contributed by atoms with E-state index >= 15 is 0 Å². The van der Waals surface area contributed by atoms with Crippen LogP contribution in [0.1, 0.15) is 31.4 Å². The van der Waals surface area contributed by atoms with Gasteiger partial charge in [0.25, 0.3) is 0 Å². The number of hydrogen-bond acceptors (Lipinski definition) is 4. The van der Waals surface area contributed by atoms with Crippen molar-refractivity contribution in [2.24, 2.45) is 0 Å². The highest BCUT2D eigenvalue weighted by Gasteiger charge is 2.42. The third-order valence-corrected chi connectivity index (χ3v) is 3.87. The van der Waals surface area contributed by atoms with E-state index in [1.54, 1.807) is 0 Å². The first-order valence-corrected chi connectivity index (χ1v) is 6.32. The third kappa shape index (κ3) is 2.27. The van der Waals surface area contributed by atoms with Gasteiger partial charge in [-0.25, -0.2) is 9.97 Å². The van der Waals surface area contributed by atoms with Gasteiger partial charge < -0.3 is 10.0 Å². The fourth-order valence-electron chi connectivity index (χ4n) is 3.11. The van der Waals surface area contributed by atoms with E-state index in [-0.39, 0.29) is 24.1 Å². The molecule has 2 bridgehead atoms. The summed E-state index contributed by atoms with van der Waals surface area (Å²) in [6.45, 7) is 0. The van der Waals surface area contributed by atoms with Crippen molar-refractivity contribution in [3.8, 4) is 0 Å². The molecule has 1 N–H and O–H groups in total. The van der Waals surface area contributed by atoms with Crippen LogP contribution in [0.4, 0.5) is 19.1 Å². The van der Waals surface area contributed by atoms with Crippen molar-refractivity contribution in [2.45, 2.75) is 50.0 Å². The zero-order valence-corrected chi connectivity index (χ0v) is 10.1. The molecular weight excluding hydrogens is 259 g/mol. The first kappa shape index (κ1) is 12.7. The molecule has 0 amide bonds. The quantitative estimate of drug-likeness (QED) is 0.850. The van der Waals surface area contributed by atoms with Gasteiger partial charge in [-0.2, -0.15) is 13.2 Å². The predicted octanol–water partition coefficient (Wildman–Crippen LogP) is 1.99. The summed E-state index contributed by atoms with van der Waals surface area (Å²) in [5.41, 5.74) is -0.914. The van der Waals surface area contributed by atoms with Gasteiger partial charge in [-0.1, -0.05) is 0 Å². The average molecular weight is 273 g/mol. The summed E-state index contributed by atoms with van der Waals surface area (Å²) in [5, 5.41) is 9.69. The molecule has 0 radical (unpaired) electrons. The van der Waals surface area contributed by atoms with E-state index in [2.05, 4.69) is 9.97 Å². The standard InChI is InChI=1S/C12H14F3N3O/c13-12(14,15)10-3-4-16-11(17-10)18-7-1-2-8(18)6-9(19)5-7/h3-4,7-9,19H,1-2,5-6H2. The van der Waals surface area contributed by atoms with Gasteiger partial charge >= 0.3 is 6.18 Å². The summed E-state index contributed by atoms with van der Waals surface area (Å²) in [4.78, 5) is 9.47. The molecule has 0 aromatic carbocycles. The number of fused-ring (bicyclic) bond motifs is 2. The van der Waals surface area contributed by atoms with Crippen LogP contribution < -0.4 is 4.90 Å². The van der Waals surface area contributed by atoms with Gasteiger partial charge in [0, 0.05) is 18.3 Å². The van der Waals surface area contributed by atoms with Gasteiger partial charge in [0.2, 0.25) is 5.95 Å². The topological polar surface area (TPSA) is 49.2 Å². The van der Waals surface area contributed by atoms with E-state index in [0.717, 1.165) is 25.1 Å². The number of aromatic nitrogens is 2. The van der Waals surface area contributed by atoms with Crippen molar-refractivity contribution in [3.63, 3.8) is 0 Å². The minimum Gasteiger partial charge on any atom is -0.393 e. The van der Waals surface area contributed by atoms with Gasteiger partial charge in [-0.3, -0.25) is 0 Å². The smallest absolute Gasteiger partial charge is 0.393 e. The number of rotatable bonds is 1. The SMILES string of the molecule is OC1CC2CCC(C1)N2c1nccc(C(F)(F)F)n1. The molecule has 1 aromatic rings. The third-order valence-electron chi connectivity index (χ3n) is 3.87. The maximum absolute atomic E-state index is 12.7. The van der Waals surface area contributed by atoms with Crippen molar-refractivity contribution in [1.82, 2.24) is 9.97 Å². The van der Waals surface area contributed by atoms with Gasteiger partial charge in [0.1, 0.15) is 5.69 Å². The number of hydrogen-bond donors (Lipinski definition) is 1. The number of halogens is 3. The van der Waals surface area contributed by atoms with Crippen LogP contribution in [0.25, 0.3) is 0 Å². The molecule has 2 aliphatic rings. The Kier molecular flexibility index (Phi) is 2.88. The molecule has 104 valence electrons. The van der Waals surface area contributed by atoms with Gasteiger partial charge in [0.15, 0.2) is 0 Å². The lowest BCUT2D eigenvalue weighted by Crippen LogP contribution is -2.45. The molecule has 3 heterocycles. The highest BCUT2D eigenvalue weighted by atomic mass is 19.4. The average Bonchev–Trinajstić information content (AvgIpc) is 2.61. The molecule has 3 rings (SSSR count). The number of alkyl halides is 3. The molecule has 2 unspecified atom stereocenters. The molecule has 2 fully saturated rings. The first-order chi connectivity index (χ1) is 8.95. The normalized spacial score (nSPS) is 30.7. The van der Waals surface area contributed by atoms with Crippen molar-refractivity contribution in [3.05, 3.63) is 18.0 Å². The fourth-order valence-corrected chi connectivity index (χ4v) is 3.11. The van der Waals surface area contributed by atoms with Gasteiger partial charge in [-0.15, -0.1) is 0 Å². The number of anilines is 1. The van der Waals surface area contributed by atoms with Gasteiger partial charge in [0.05, 0.1) is 6.10 Å². The largest absolute Gasteiger partial charge is 0.433 e. The molecule has 2 saturated heterocycles. The molecule has 7 heteroatoms. The van der Waals surface area contributed by atoms with E-state index in [0.29, 0.717) is 12.8 Å². The highest BCUT2D eigenvalue weighted by molar-refractivity contribution is 5.38. The molecular formula is C12H14F3N3O. The van der Waals surface area contributed by atoms with Crippen molar-refractivity contribution < 1.29 is 18.3 Å². The lowest BCUT2D eigenvalue weighted by Gasteiger charge is -2.37. The minimum atomic E-state index is -4.45. The zero-order chi connectivity index (χ0) is 13.6. The second-order valence-corrected chi connectivity index (χ2v) is 5.16. The van der Waals surface area contributed by atoms with Crippen LogP contribution in [0.15, 0.2) is 12.3 Å². The van der Waals surface area contributed by atoms with Crippen LogP contribution in [0.3, 0.4) is 0 Å². The van der Waals surface area contributed by atoms with Crippen LogP contribution in [-0.4, -0.2) is 33.3 Å². The van der Waals surface area contributed by atoms with E-state index in [4.69, 9.17) is 0 Å². The maximum atomic E-state index is 12.7. The Morgan fingerprint density at radius 3 is 2.42 bits per heavy atom. The first-order valence-electron chi connectivity index (χ1n) is 6.32. The lowest BCUT2D eigenvalue weighted by molar-refractivity contribution is -0.141. The van der Waals surface area contributed by atoms with Crippen molar-refractivity contribution in [2.75, 3.05) is 4.90 Å². The Morgan fingerprint density at radius 1 is 1.21 bits per heavy atom. The molecule has 2 aliphatic heterocycles. The molecule has 0 aliphatic carbocycles. The molecule has 0 saturated carbocycles. The highest BCUT2D eigenvalue weighted by Crippen LogP contribution is 2.38. The molecule has 0 spiro atoms. The predicted molar refractivity (Wildman–Crippen MR) is 61.6 cm³/mol. The molecule has 19 heavy (non-hydrogen) atoms. The maximum Gasteiger partial charge on any atom is 0.433 e. The fraction of sp³-hybridized carbons (Fsp3) is 0.667. The molecule has 1 aromatic heterocycles. The van der Waals surface area contributed by atoms with Crippen molar-refractivity contribution >= 4 is 5.95 Å². The molecule has 4 nitrogen and oxygen atoms in total. The Bertz CT molecular complexity index is 466. The van der Waals surface area contributed by atoms with Crippen LogP contribution in [-0.2, 0) is 6.18 Å². The summed E-state index contributed by atoms with van der Waals surface area (Å²) in [5.74, 6) is 0.134. The van der Waals surface area contributed by atoms with Gasteiger partial charge in [-0.05, 0) is 31.7 Å². The zero-order valence-electron chi connectivity index (χ0n) is 10.1. The Balaban J connectivity index is 1.91. The lowest BCUT2D eigenvalue weighted by atomic mass is 10.0. The number of piperidine rings is 1. The summed E-state index contributed by atoms with van der Waals surface area (Å²) in [7, 11) is 0. The van der Waals surface area contributed by atoms with Crippen LogP contribution in [0, 0.1) is 0 Å². The Morgan fingerprint density at radius 2 is 1.84 bits per heavy atom. The van der Waals surface area contributed by atoms with Crippen LogP contribution in [0.2, 0.25) is 0 Å². The van der Waals surface area contributed by atoms with Crippen molar-refractivity contribution in [1.29, 1.82) is 0 Å². The van der Waals surface area contributed by atoms with Crippen LogP contribution in [0.5, 0.6) is 0 Å². The number of aliphatic hydroxyl groups excluding tert-OH is 1. The van der Waals surface area contributed by atoms with Crippen LogP contribution >= 0.6 is 0 Å². The summed E-state index contributed by atoms with van der Waals surface area (Å²) in [6, 6.07) is 0.985. The van der Waals surface area contributed by atoms with E-state index in [1.165, 1.54) is 0 Å². The van der Waals surface area contributed by atoms with E-state index < -0.39 is 11.9 Å². The Labute approximate surface area is 108 Å². The van der Waals surface area contributed by atoms with E-state index in [1.807, 2.05) is 4.90 Å². The summed E-state index contributed by atoms with van der Waals surface area (Å²) < 4.78 is 38.0. The second-order valence-electron chi connectivity index (χ2n) is 5.16.